The minimum absolute atomic E-state index is 0. The second-order valence-electron chi connectivity index (χ2n) is 5.88. The number of nitrogens with one attached hydrogen (secondary N) is 4. The summed E-state index contributed by atoms with van der Waals surface area (Å²) >= 11 is 0. The summed E-state index contributed by atoms with van der Waals surface area (Å²) in [5.74, 6) is -0.0446. The molecule has 2 heterocycles. The Morgan fingerprint density at radius 3 is 2.44 bits per heavy atom. The quantitative estimate of drug-likeness (QED) is 0.608. The van der Waals surface area contributed by atoms with Crippen LogP contribution in [-0.2, 0) is 11.3 Å². The molecule has 9 heteroatoms. The van der Waals surface area contributed by atoms with Crippen molar-refractivity contribution >= 4 is 48.1 Å². The Kier molecular flexibility index (Phi) is 9.56. The van der Waals surface area contributed by atoms with Gasteiger partial charge in [0.05, 0.1) is 6.04 Å². The standard InChI is InChI=1S/C18H21N5O2.2ClH/c24-17(16-5-2-8-20-16)22-14-3-1-4-15(11-14)23-18(25)21-12-13-6-9-19-10-7-13;;/h1,3-4,6-7,9-11,16,20H,2,5,8,12H2,(H,22,24)(H2,21,23,25);2*1H/t16-;;/m0../s1. The fourth-order valence-corrected chi connectivity index (χ4v) is 2.67. The molecular formula is C18H23Cl2N5O2. The Morgan fingerprint density at radius 1 is 1.07 bits per heavy atom. The van der Waals surface area contributed by atoms with Gasteiger partial charge in [-0.25, -0.2) is 4.79 Å². The number of aromatic nitrogens is 1. The highest BCUT2D eigenvalue weighted by Gasteiger charge is 2.21. The number of hydrogen-bond donors (Lipinski definition) is 4. The summed E-state index contributed by atoms with van der Waals surface area (Å²) in [5, 5.41) is 11.6. The van der Waals surface area contributed by atoms with Crippen LogP contribution in [0.15, 0.2) is 48.8 Å². The lowest BCUT2D eigenvalue weighted by Gasteiger charge is -2.12. The van der Waals surface area contributed by atoms with E-state index in [1.54, 1.807) is 36.7 Å². The third kappa shape index (κ3) is 7.05. The molecule has 1 fully saturated rings. The van der Waals surface area contributed by atoms with Gasteiger partial charge < -0.3 is 21.3 Å². The Balaban J connectivity index is 0.00000182. The van der Waals surface area contributed by atoms with Crippen molar-refractivity contribution < 1.29 is 9.59 Å². The number of pyridine rings is 1. The molecule has 1 saturated heterocycles. The van der Waals surface area contributed by atoms with Crippen LogP contribution >= 0.6 is 24.8 Å². The Morgan fingerprint density at radius 2 is 1.78 bits per heavy atom. The minimum atomic E-state index is -0.308. The molecule has 1 atom stereocenters. The van der Waals surface area contributed by atoms with Crippen molar-refractivity contribution in [2.24, 2.45) is 0 Å². The number of carbonyl (C=O) groups is 2. The first kappa shape index (κ1) is 22.7. The van der Waals surface area contributed by atoms with E-state index < -0.39 is 0 Å². The summed E-state index contributed by atoms with van der Waals surface area (Å²) in [4.78, 5) is 28.1. The van der Waals surface area contributed by atoms with Crippen LogP contribution in [0.25, 0.3) is 0 Å². The lowest BCUT2D eigenvalue weighted by atomic mass is 10.2. The maximum Gasteiger partial charge on any atom is 0.319 e. The number of hydrogen-bond acceptors (Lipinski definition) is 4. The van der Waals surface area contributed by atoms with Crippen LogP contribution < -0.4 is 21.3 Å². The van der Waals surface area contributed by atoms with Gasteiger partial charge in [-0.1, -0.05) is 6.07 Å². The van der Waals surface area contributed by atoms with E-state index in [1.165, 1.54) is 0 Å². The van der Waals surface area contributed by atoms with E-state index in [4.69, 9.17) is 0 Å². The van der Waals surface area contributed by atoms with Crippen molar-refractivity contribution in [3.05, 3.63) is 54.4 Å². The van der Waals surface area contributed by atoms with E-state index in [-0.39, 0.29) is 42.8 Å². The first-order valence-corrected chi connectivity index (χ1v) is 8.29. The number of rotatable bonds is 5. The topological polar surface area (TPSA) is 95.2 Å². The highest BCUT2D eigenvalue weighted by molar-refractivity contribution is 5.96. The molecule has 1 aliphatic heterocycles. The molecule has 0 spiro atoms. The Bertz CT molecular complexity index is 740. The van der Waals surface area contributed by atoms with Gasteiger partial charge in [0.1, 0.15) is 0 Å². The predicted octanol–water partition coefficient (Wildman–Crippen LogP) is 2.94. The molecule has 3 rings (SSSR count). The highest BCUT2D eigenvalue weighted by Crippen LogP contribution is 2.16. The molecule has 2 aromatic rings. The molecule has 7 nitrogen and oxygen atoms in total. The lowest BCUT2D eigenvalue weighted by Crippen LogP contribution is -2.35. The van der Waals surface area contributed by atoms with Gasteiger partial charge in [-0.05, 0) is 55.3 Å². The number of anilines is 2. The van der Waals surface area contributed by atoms with E-state index in [0.29, 0.717) is 17.9 Å². The van der Waals surface area contributed by atoms with Crippen LogP contribution in [0.3, 0.4) is 0 Å². The largest absolute Gasteiger partial charge is 0.334 e. The normalized spacial score (nSPS) is 15.0. The minimum Gasteiger partial charge on any atom is -0.334 e. The zero-order valence-electron chi connectivity index (χ0n) is 14.6. The monoisotopic (exact) mass is 411 g/mol. The fraction of sp³-hybridized carbons (Fsp3) is 0.278. The van der Waals surface area contributed by atoms with Crippen molar-refractivity contribution in [3.8, 4) is 0 Å². The molecule has 0 radical (unpaired) electrons. The van der Waals surface area contributed by atoms with Crippen LogP contribution in [0.2, 0.25) is 0 Å². The number of amides is 3. The molecule has 3 amide bonds. The van der Waals surface area contributed by atoms with Crippen LogP contribution in [0.5, 0.6) is 0 Å². The Labute approximate surface area is 170 Å². The van der Waals surface area contributed by atoms with Gasteiger partial charge in [0, 0.05) is 30.3 Å². The lowest BCUT2D eigenvalue weighted by molar-refractivity contribution is -0.117. The van der Waals surface area contributed by atoms with Crippen molar-refractivity contribution in [3.63, 3.8) is 0 Å². The molecule has 0 unspecified atom stereocenters. The summed E-state index contributed by atoms with van der Waals surface area (Å²) in [6, 6.07) is 10.3. The van der Waals surface area contributed by atoms with Crippen LogP contribution in [0, 0.1) is 0 Å². The number of carbonyl (C=O) groups excluding carboxylic acids is 2. The number of urea groups is 1. The van der Waals surface area contributed by atoms with Crippen LogP contribution in [0.4, 0.5) is 16.2 Å². The summed E-state index contributed by atoms with van der Waals surface area (Å²) in [7, 11) is 0. The molecule has 27 heavy (non-hydrogen) atoms. The molecule has 1 aromatic heterocycles. The molecular weight excluding hydrogens is 389 g/mol. The zero-order chi connectivity index (χ0) is 17.5. The van der Waals surface area contributed by atoms with Crippen LogP contribution in [0.1, 0.15) is 18.4 Å². The first-order chi connectivity index (χ1) is 12.2. The third-order valence-electron chi connectivity index (χ3n) is 3.97. The van der Waals surface area contributed by atoms with E-state index in [1.807, 2.05) is 12.1 Å². The third-order valence-corrected chi connectivity index (χ3v) is 3.97. The number of nitrogens with zero attached hydrogens (tertiary/aromatic N) is 1. The molecule has 4 N–H and O–H groups in total. The van der Waals surface area contributed by atoms with E-state index in [2.05, 4.69) is 26.3 Å². The molecule has 1 aromatic carbocycles. The van der Waals surface area contributed by atoms with Crippen molar-refractivity contribution in [1.82, 2.24) is 15.6 Å². The molecule has 1 aliphatic rings. The highest BCUT2D eigenvalue weighted by atomic mass is 35.5. The number of halogens is 2. The van der Waals surface area contributed by atoms with E-state index in [0.717, 1.165) is 24.9 Å². The molecule has 0 saturated carbocycles. The molecule has 0 aliphatic carbocycles. The van der Waals surface area contributed by atoms with E-state index in [9.17, 15) is 9.59 Å². The van der Waals surface area contributed by atoms with Gasteiger partial charge in [-0.15, -0.1) is 24.8 Å². The second kappa shape index (κ2) is 11.4. The van der Waals surface area contributed by atoms with Crippen molar-refractivity contribution in [2.45, 2.75) is 25.4 Å². The van der Waals surface area contributed by atoms with Gasteiger partial charge >= 0.3 is 6.03 Å². The van der Waals surface area contributed by atoms with Crippen LogP contribution in [-0.4, -0.2) is 29.5 Å². The van der Waals surface area contributed by atoms with Gasteiger partial charge in [0.25, 0.3) is 0 Å². The molecule has 0 bridgehead atoms. The first-order valence-electron chi connectivity index (χ1n) is 8.29. The number of benzene rings is 1. The van der Waals surface area contributed by atoms with E-state index >= 15 is 0 Å². The Hall–Kier alpha value is -2.35. The predicted molar refractivity (Wildman–Crippen MR) is 111 cm³/mol. The van der Waals surface area contributed by atoms with Gasteiger partial charge in [-0.3, -0.25) is 9.78 Å². The van der Waals surface area contributed by atoms with Gasteiger partial charge in [0.2, 0.25) is 5.91 Å². The maximum absolute atomic E-state index is 12.1. The van der Waals surface area contributed by atoms with Gasteiger partial charge in [0.15, 0.2) is 0 Å². The molecule has 146 valence electrons. The second-order valence-corrected chi connectivity index (χ2v) is 5.88. The fourth-order valence-electron chi connectivity index (χ4n) is 2.67. The SMILES string of the molecule is Cl.Cl.O=C(NCc1ccncc1)Nc1cccc(NC(=O)[C@@H]2CCCN2)c1. The average molecular weight is 412 g/mol. The van der Waals surface area contributed by atoms with Gasteiger partial charge in [-0.2, -0.15) is 0 Å². The summed E-state index contributed by atoms with van der Waals surface area (Å²) in [6.07, 6.45) is 5.22. The maximum atomic E-state index is 12.1. The average Bonchev–Trinajstić information content (AvgIpc) is 3.16. The van der Waals surface area contributed by atoms with Crippen molar-refractivity contribution in [1.29, 1.82) is 0 Å². The summed E-state index contributed by atoms with van der Waals surface area (Å²) < 4.78 is 0. The summed E-state index contributed by atoms with van der Waals surface area (Å²) in [5.41, 5.74) is 2.24. The summed E-state index contributed by atoms with van der Waals surface area (Å²) in [6.45, 7) is 1.29. The van der Waals surface area contributed by atoms with Crippen molar-refractivity contribution in [2.75, 3.05) is 17.2 Å². The zero-order valence-corrected chi connectivity index (χ0v) is 16.2. The smallest absolute Gasteiger partial charge is 0.319 e.